The van der Waals surface area contributed by atoms with Crippen molar-refractivity contribution >= 4 is 5.69 Å². The van der Waals surface area contributed by atoms with Crippen molar-refractivity contribution in [3.05, 3.63) is 29.8 Å². The van der Waals surface area contributed by atoms with Crippen LogP contribution in [0, 0.1) is 18.8 Å². The second-order valence-corrected chi connectivity index (χ2v) is 5.82. The highest BCUT2D eigenvalue weighted by Gasteiger charge is 2.25. The molecular formula is C16H25NO. The summed E-state index contributed by atoms with van der Waals surface area (Å²) < 4.78 is 0. The molecule has 2 rings (SSSR count). The topological polar surface area (TPSA) is 32.3 Å². The average Bonchev–Trinajstić information content (AvgIpc) is 2.39. The zero-order valence-electron chi connectivity index (χ0n) is 11.5. The molecule has 1 aromatic carbocycles. The van der Waals surface area contributed by atoms with Crippen LogP contribution >= 0.6 is 0 Å². The first-order chi connectivity index (χ1) is 8.69. The minimum Gasteiger partial charge on any atom is -0.394 e. The van der Waals surface area contributed by atoms with E-state index < -0.39 is 0 Å². The van der Waals surface area contributed by atoms with E-state index in [-0.39, 0.29) is 12.6 Å². The Morgan fingerprint density at radius 1 is 1.17 bits per heavy atom. The lowest BCUT2D eigenvalue weighted by Gasteiger charge is -2.32. The third-order valence-electron chi connectivity index (χ3n) is 4.23. The standard InChI is InChI=1S/C16H25NO/c1-12-3-7-14(8-4-12)16(11-18)17-15-9-5-13(2)6-10-15/h5-6,9-10,12,14,16-18H,3-4,7-8,11H2,1-2H3. The normalized spacial score (nSPS) is 25.7. The summed E-state index contributed by atoms with van der Waals surface area (Å²) in [7, 11) is 0. The molecule has 0 aromatic heterocycles. The van der Waals surface area contributed by atoms with Crippen molar-refractivity contribution in [1.82, 2.24) is 0 Å². The van der Waals surface area contributed by atoms with Gasteiger partial charge in [-0.05, 0) is 43.7 Å². The van der Waals surface area contributed by atoms with Crippen LogP contribution in [0.25, 0.3) is 0 Å². The molecule has 2 heteroatoms. The highest BCUT2D eigenvalue weighted by molar-refractivity contribution is 5.45. The number of aliphatic hydroxyl groups excluding tert-OH is 1. The number of hydrogen-bond donors (Lipinski definition) is 2. The first kappa shape index (κ1) is 13.4. The predicted molar refractivity (Wildman–Crippen MR) is 76.8 cm³/mol. The molecule has 18 heavy (non-hydrogen) atoms. The van der Waals surface area contributed by atoms with Gasteiger partial charge in [-0.1, -0.05) is 37.5 Å². The smallest absolute Gasteiger partial charge is 0.0635 e. The molecule has 0 spiro atoms. The Hall–Kier alpha value is -1.02. The first-order valence-electron chi connectivity index (χ1n) is 7.13. The van der Waals surface area contributed by atoms with Crippen molar-refractivity contribution in [3.63, 3.8) is 0 Å². The summed E-state index contributed by atoms with van der Waals surface area (Å²) in [6.45, 7) is 4.65. The fourth-order valence-electron chi connectivity index (χ4n) is 2.86. The summed E-state index contributed by atoms with van der Waals surface area (Å²) in [4.78, 5) is 0. The minimum absolute atomic E-state index is 0.209. The predicted octanol–water partition coefficient (Wildman–Crippen LogP) is 3.59. The quantitative estimate of drug-likeness (QED) is 0.852. The van der Waals surface area contributed by atoms with Gasteiger partial charge in [-0.25, -0.2) is 0 Å². The summed E-state index contributed by atoms with van der Waals surface area (Å²) in [5.41, 5.74) is 2.39. The molecule has 0 saturated heterocycles. The van der Waals surface area contributed by atoms with Gasteiger partial charge < -0.3 is 10.4 Å². The molecule has 0 radical (unpaired) electrons. The van der Waals surface area contributed by atoms with Crippen LogP contribution in [0.15, 0.2) is 24.3 Å². The van der Waals surface area contributed by atoms with Crippen molar-refractivity contribution in [3.8, 4) is 0 Å². The third-order valence-corrected chi connectivity index (χ3v) is 4.23. The Morgan fingerprint density at radius 3 is 2.33 bits per heavy atom. The van der Waals surface area contributed by atoms with Crippen molar-refractivity contribution in [2.24, 2.45) is 11.8 Å². The number of hydrogen-bond acceptors (Lipinski definition) is 2. The van der Waals surface area contributed by atoms with Crippen molar-refractivity contribution in [2.45, 2.75) is 45.6 Å². The summed E-state index contributed by atoms with van der Waals surface area (Å²) in [5, 5.41) is 13.1. The van der Waals surface area contributed by atoms with E-state index in [9.17, 15) is 5.11 Å². The molecule has 2 nitrogen and oxygen atoms in total. The molecule has 0 amide bonds. The van der Waals surface area contributed by atoms with Gasteiger partial charge in [-0.3, -0.25) is 0 Å². The Balaban J connectivity index is 1.94. The minimum atomic E-state index is 0.209. The molecule has 1 atom stereocenters. The van der Waals surface area contributed by atoms with E-state index in [1.54, 1.807) is 0 Å². The van der Waals surface area contributed by atoms with Gasteiger partial charge in [0.1, 0.15) is 0 Å². The SMILES string of the molecule is Cc1ccc(NC(CO)C2CCC(C)CC2)cc1. The lowest BCUT2D eigenvalue weighted by atomic mass is 9.79. The maximum atomic E-state index is 9.60. The molecule has 1 unspecified atom stereocenters. The zero-order valence-corrected chi connectivity index (χ0v) is 11.5. The number of benzene rings is 1. The number of anilines is 1. The van der Waals surface area contributed by atoms with E-state index in [1.807, 2.05) is 0 Å². The Labute approximate surface area is 110 Å². The first-order valence-corrected chi connectivity index (χ1v) is 7.13. The molecule has 1 saturated carbocycles. The van der Waals surface area contributed by atoms with Crippen molar-refractivity contribution in [2.75, 3.05) is 11.9 Å². The maximum Gasteiger partial charge on any atom is 0.0635 e. The molecule has 0 heterocycles. The van der Waals surface area contributed by atoms with Gasteiger partial charge in [0.2, 0.25) is 0 Å². The maximum absolute atomic E-state index is 9.60. The third kappa shape index (κ3) is 3.49. The van der Waals surface area contributed by atoms with E-state index in [0.29, 0.717) is 5.92 Å². The molecule has 1 aliphatic carbocycles. The van der Waals surface area contributed by atoms with E-state index in [2.05, 4.69) is 43.4 Å². The van der Waals surface area contributed by atoms with Crippen LogP contribution < -0.4 is 5.32 Å². The highest BCUT2D eigenvalue weighted by Crippen LogP contribution is 2.31. The Bertz CT molecular complexity index is 352. The summed E-state index contributed by atoms with van der Waals surface area (Å²) in [6.07, 6.45) is 5.09. The van der Waals surface area contributed by atoms with Gasteiger partial charge in [0.25, 0.3) is 0 Å². The second kappa shape index (κ2) is 6.24. The zero-order chi connectivity index (χ0) is 13.0. The fraction of sp³-hybridized carbons (Fsp3) is 0.625. The number of nitrogens with one attached hydrogen (secondary N) is 1. The van der Waals surface area contributed by atoms with Crippen LogP contribution in [-0.2, 0) is 0 Å². The summed E-state index contributed by atoms with van der Waals surface area (Å²) in [5.74, 6) is 1.48. The molecule has 0 bridgehead atoms. The number of rotatable bonds is 4. The van der Waals surface area contributed by atoms with E-state index in [4.69, 9.17) is 0 Å². The van der Waals surface area contributed by atoms with Gasteiger partial charge in [0.05, 0.1) is 12.6 Å². The molecule has 100 valence electrons. The van der Waals surface area contributed by atoms with Gasteiger partial charge in [0, 0.05) is 5.69 Å². The fourth-order valence-corrected chi connectivity index (χ4v) is 2.86. The van der Waals surface area contributed by atoms with E-state index in [1.165, 1.54) is 31.2 Å². The summed E-state index contributed by atoms with van der Waals surface area (Å²) >= 11 is 0. The molecule has 1 fully saturated rings. The largest absolute Gasteiger partial charge is 0.394 e. The van der Waals surface area contributed by atoms with Crippen LogP contribution in [0.5, 0.6) is 0 Å². The Kier molecular flexibility index (Phi) is 4.65. The van der Waals surface area contributed by atoms with Gasteiger partial charge in [-0.2, -0.15) is 0 Å². The van der Waals surface area contributed by atoms with Gasteiger partial charge >= 0.3 is 0 Å². The summed E-state index contributed by atoms with van der Waals surface area (Å²) in [6, 6.07) is 8.63. The van der Waals surface area contributed by atoms with E-state index >= 15 is 0 Å². The van der Waals surface area contributed by atoms with Crippen molar-refractivity contribution in [1.29, 1.82) is 0 Å². The van der Waals surface area contributed by atoms with Crippen molar-refractivity contribution < 1.29 is 5.11 Å². The van der Waals surface area contributed by atoms with Crippen LogP contribution in [0.3, 0.4) is 0 Å². The van der Waals surface area contributed by atoms with E-state index in [0.717, 1.165) is 11.6 Å². The molecule has 0 aliphatic heterocycles. The van der Waals surface area contributed by atoms with Gasteiger partial charge in [0.15, 0.2) is 0 Å². The molecular weight excluding hydrogens is 222 g/mol. The van der Waals surface area contributed by atoms with Crippen LogP contribution in [0.1, 0.15) is 38.2 Å². The molecule has 2 N–H and O–H groups in total. The Morgan fingerprint density at radius 2 is 1.78 bits per heavy atom. The lowest BCUT2D eigenvalue weighted by molar-refractivity contribution is 0.193. The average molecular weight is 247 g/mol. The lowest BCUT2D eigenvalue weighted by Crippen LogP contribution is -2.34. The van der Waals surface area contributed by atoms with Crippen LogP contribution in [0.2, 0.25) is 0 Å². The molecule has 1 aliphatic rings. The molecule has 1 aromatic rings. The van der Waals surface area contributed by atoms with Crippen LogP contribution in [0.4, 0.5) is 5.69 Å². The van der Waals surface area contributed by atoms with Gasteiger partial charge in [-0.15, -0.1) is 0 Å². The number of aliphatic hydroxyl groups is 1. The number of aryl methyl sites for hydroxylation is 1. The highest BCUT2D eigenvalue weighted by atomic mass is 16.3. The van der Waals surface area contributed by atoms with Crippen LogP contribution in [-0.4, -0.2) is 17.8 Å². The monoisotopic (exact) mass is 247 g/mol. The second-order valence-electron chi connectivity index (χ2n) is 5.82.